The number of carbonyl (C=O) groups is 1. The van der Waals surface area contributed by atoms with Crippen LogP contribution in [0.3, 0.4) is 0 Å². The van der Waals surface area contributed by atoms with Crippen molar-refractivity contribution >= 4 is 27.5 Å². The van der Waals surface area contributed by atoms with E-state index in [1.165, 1.54) is 6.07 Å². The highest BCUT2D eigenvalue weighted by atomic mass is 32.2. The Morgan fingerprint density at radius 2 is 1.84 bits per heavy atom. The van der Waals surface area contributed by atoms with Gasteiger partial charge in [0.15, 0.2) is 5.84 Å². The Kier molecular flexibility index (Phi) is 5.68. The third-order valence-electron chi connectivity index (χ3n) is 4.59. The molecule has 8 nitrogen and oxygen atoms in total. The summed E-state index contributed by atoms with van der Waals surface area (Å²) < 4.78 is 33.5. The number of nitrogens with zero attached hydrogens (tertiary/aromatic N) is 2. The predicted octanol–water partition coefficient (Wildman–Crippen LogP) is 2.97. The highest BCUT2D eigenvalue weighted by Crippen LogP contribution is 2.26. The van der Waals surface area contributed by atoms with Gasteiger partial charge in [0.2, 0.25) is 5.88 Å². The molecule has 0 aliphatic carbocycles. The van der Waals surface area contributed by atoms with Gasteiger partial charge in [-0.3, -0.25) is 4.79 Å². The molecule has 0 fully saturated rings. The number of nitrogens with one attached hydrogen (secondary N) is 2. The van der Waals surface area contributed by atoms with E-state index < -0.39 is 10.0 Å². The van der Waals surface area contributed by atoms with Crippen molar-refractivity contribution in [2.24, 2.45) is 4.40 Å². The Hall–Kier alpha value is -3.72. The van der Waals surface area contributed by atoms with E-state index in [2.05, 4.69) is 20.0 Å². The molecule has 2 heterocycles. The molecule has 0 unspecified atom stereocenters. The highest BCUT2D eigenvalue weighted by molar-refractivity contribution is 7.90. The van der Waals surface area contributed by atoms with Crippen LogP contribution < -0.4 is 15.4 Å². The van der Waals surface area contributed by atoms with E-state index in [9.17, 15) is 13.2 Å². The predicted molar refractivity (Wildman–Crippen MR) is 117 cm³/mol. The SMILES string of the molecule is CCOc1cc(CNC(=O)c2ccc(NC3=NS(=O)(=O)c4ccccc43)cc2)ccn1. The minimum Gasteiger partial charge on any atom is -0.478 e. The third-order valence-corrected chi connectivity index (χ3v) is 5.92. The van der Waals surface area contributed by atoms with Gasteiger partial charge >= 0.3 is 0 Å². The fourth-order valence-electron chi connectivity index (χ4n) is 3.11. The number of hydrogen-bond donors (Lipinski definition) is 2. The third kappa shape index (κ3) is 4.56. The molecule has 0 atom stereocenters. The first kappa shape index (κ1) is 20.5. The lowest BCUT2D eigenvalue weighted by molar-refractivity contribution is 0.0951. The summed E-state index contributed by atoms with van der Waals surface area (Å²) in [4.78, 5) is 16.7. The zero-order chi connectivity index (χ0) is 21.8. The number of carbonyl (C=O) groups excluding carboxylic acids is 1. The summed E-state index contributed by atoms with van der Waals surface area (Å²) >= 11 is 0. The number of ether oxygens (including phenoxy) is 1. The van der Waals surface area contributed by atoms with Gasteiger partial charge in [-0.15, -0.1) is 4.40 Å². The van der Waals surface area contributed by atoms with Crippen LogP contribution in [0.1, 0.15) is 28.4 Å². The second-order valence-electron chi connectivity index (χ2n) is 6.73. The lowest BCUT2D eigenvalue weighted by atomic mass is 10.1. The summed E-state index contributed by atoms with van der Waals surface area (Å²) in [6.45, 7) is 2.74. The summed E-state index contributed by atoms with van der Waals surface area (Å²) in [6, 6.07) is 16.9. The molecule has 2 N–H and O–H groups in total. The van der Waals surface area contributed by atoms with Crippen molar-refractivity contribution in [3.8, 4) is 5.88 Å². The molecule has 1 amide bonds. The monoisotopic (exact) mass is 436 g/mol. The molecule has 0 bridgehead atoms. The average molecular weight is 436 g/mol. The molecule has 3 aromatic rings. The lowest BCUT2D eigenvalue weighted by Crippen LogP contribution is -2.22. The number of benzene rings is 2. The number of hydrogen-bond acceptors (Lipinski definition) is 6. The van der Waals surface area contributed by atoms with E-state index in [0.717, 1.165) is 5.56 Å². The molecular weight excluding hydrogens is 416 g/mol. The number of rotatable bonds is 6. The van der Waals surface area contributed by atoms with Gasteiger partial charge in [0, 0.05) is 35.6 Å². The van der Waals surface area contributed by atoms with Gasteiger partial charge in [0.05, 0.1) is 6.61 Å². The van der Waals surface area contributed by atoms with Crippen molar-refractivity contribution in [2.75, 3.05) is 11.9 Å². The lowest BCUT2D eigenvalue weighted by Gasteiger charge is -2.09. The Balaban J connectivity index is 1.41. The van der Waals surface area contributed by atoms with Gasteiger partial charge in [-0.25, -0.2) is 4.98 Å². The number of pyridine rings is 1. The molecule has 4 rings (SSSR count). The van der Waals surface area contributed by atoms with E-state index in [1.807, 2.05) is 13.0 Å². The first-order chi connectivity index (χ1) is 15.0. The zero-order valence-corrected chi connectivity index (χ0v) is 17.5. The van der Waals surface area contributed by atoms with E-state index in [1.54, 1.807) is 54.7 Å². The standard InChI is InChI=1S/C22H20N4O4S/c1-2-30-20-13-15(11-12-23-20)14-24-22(27)16-7-9-17(10-8-16)25-21-18-5-3-4-6-19(18)31(28,29)26-21/h3-13H,2,14H2,1H3,(H,24,27)(H,25,26). The largest absolute Gasteiger partial charge is 0.478 e. The van der Waals surface area contributed by atoms with Crippen LogP contribution >= 0.6 is 0 Å². The quantitative estimate of drug-likeness (QED) is 0.615. The maximum Gasteiger partial charge on any atom is 0.285 e. The molecule has 0 saturated heterocycles. The van der Waals surface area contributed by atoms with Crippen molar-refractivity contribution in [2.45, 2.75) is 18.4 Å². The summed E-state index contributed by atoms with van der Waals surface area (Å²) in [5.74, 6) is 0.547. The molecule has 31 heavy (non-hydrogen) atoms. The van der Waals surface area contributed by atoms with Crippen LogP contribution in [0.2, 0.25) is 0 Å². The van der Waals surface area contributed by atoms with Crippen LogP contribution in [-0.4, -0.2) is 31.8 Å². The summed E-state index contributed by atoms with van der Waals surface area (Å²) in [7, 11) is -3.69. The van der Waals surface area contributed by atoms with Crippen molar-refractivity contribution in [1.29, 1.82) is 0 Å². The Bertz CT molecular complexity index is 1250. The first-order valence-electron chi connectivity index (χ1n) is 9.63. The van der Waals surface area contributed by atoms with Crippen LogP contribution in [0, 0.1) is 0 Å². The summed E-state index contributed by atoms with van der Waals surface area (Å²) in [5, 5.41) is 5.87. The smallest absolute Gasteiger partial charge is 0.285 e. The minimum atomic E-state index is -3.69. The number of sulfonamides is 1. The van der Waals surface area contributed by atoms with Crippen LogP contribution in [0.15, 0.2) is 76.2 Å². The van der Waals surface area contributed by atoms with E-state index in [0.29, 0.717) is 35.8 Å². The van der Waals surface area contributed by atoms with Gasteiger partial charge in [-0.05, 0) is 55.0 Å². The van der Waals surface area contributed by atoms with Crippen LogP contribution in [0.5, 0.6) is 5.88 Å². The average Bonchev–Trinajstić information content (AvgIpc) is 3.03. The van der Waals surface area contributed by atoms with E-state index >= 15 is 0 Å². The number of fused-ring (bicyclic) bond motifs is 1. The number of amidine groups is 1. The molecule has 0 spiro atoms. The molecule has 0 radical (unpaired) electrons. The summed E-state index contributed by atoms with van der Waals surface area (Å²) in [5.41, 5.74) is 2.50. The van der Waals surface area contributed by atoms with Gasteiger partial charge in [-0.1, -0.05) is 12.1 Å². The van der Waals surface area contributed by atoms with Crippen LogP contribution in [-0.2, 0) is 16.6 Å². The van der Waals surface area contributed by atoms with Crippen molar-refractivity contribution in [3.05, 3.63) is 83.6 Å². The van der Waals surface area contributed by atoms with Gasteiger partial charge in [0.25, 0.3) is 15.9 Å². The molecule has 1 aromatic heterocycles. The van der Waals surface area contributed by atoms with Gasteiger partial charge < -0.3 is 15.4 Å². The van der Waals surface area contributed by atoms with E-state index in [4.69, 9.17) is 4.74 Å². The number of anilines is 1. The van der Waals surface area contributed by atoms with Crippen LogP contribution in [0.4, 0.5) is 5.69 Å². The first-order valence-corrected chi connectivity index (χ1v) is 11.1. The summed E-state index contributed by atoms with van der Waals surface area (Å²) in [6.07, 6.45) is 1.64. The number of aromatic nitrogens is 1. The minimum absolute atomic E-state index is 0.178. The molecule has 9 heteroatoms. The normalized spacial score (nSPS) is 13.8. The molecular formula is C22H20N4O4S. The molecule has 158 valence electrons. The van der Waals surface area contributed by atoms with Crippen molar-refractivity contribution < 1.29 is 17.9 Å². The maximum absolute atomic E-state index is 12.5. The van der Waals surface area contributed by atoms with Gasteiger partial charge in [-0.2, -0.15) is 8.42 Å². The zero-order valence-electron chi connectivity index (χ0n) is 16.7. The Morgan fingerprint density at radius 3 is 2.61 bits per heavy atom. The Morgan fingerprint density at radius 1 is 1.06 bits per heavy atom. The van der Waals surface area contributed by atoms with Crippen molar-refractivity contribution in [1.82, 2.24) is 10.3 Å². The van der Waals surface area contributed by atoms with Crippen molar-refractivity contribution in [3.63, 3.8) is 0 Å². The highest BCUT2D eigenvalue weighted by Gasteiger charge is 2.28. The molecule has 1 aliphatic rings. The Labute approximate surface area is 180 Å². The maximum atomic E-state index is 12.5. The topological polar surface area (TPSA) is 110 Å². The number of amides is 1. The van der Waals surface area contributed by atoms with Crippen LogP contribution in [0.25, 0.3) is 0 Å². The second-order valence-corrected chi connectivity index (χ2v) is 8.30. The second kappa shape index (κ2) is 8.57. The van der Waals surface area contributed by atoms with E-state index in [-0.39, 0.29) is 16.6 Å². The fourth-order valence-corrected chi connectivity index (χ4v) is 4.29. The molecule has 1 aliphatic heterocycles. The molecule has 0 saturated carbocycles. The van der Waals surface area contributed by atoms with Gasteiger partial charge in [0.1, 0.15) is 4.90 Å². The fraction of sp³-hybridized carbons (Fsp3) is 0.136. The molecule has 2 aromatic carbocycles.